The van der Waals surface area contributed by atoms with E-state index in [0.29, 0.717) is 33.1 Å². The third-order valence-electron chi connectivity index (χ3n) is 6.11. The van der Waals surface area contributed by atoms with Crippen LogP contribution in [0, 0.1) is 17.0 Å². The van der Waals surface area contributed by atoms with Crippen molar-refractivity contribution in [2.75, 3.05) is 4.31 Å². The van der Waals surface area contributed by atoms with Crippen LogP contribution in [0.3, 0.4) is 0 Å². The predicted octanol–water partition coefficient (Wildman–Crippen LogP) is 6.11. The first-order valence-corrected chi connectivity index (χ1v) is 13.9. The van der Waals surface area contributed by atoms with Crippen molar-refractivity contribution in [2.45, 2.75) is 25.3 Å². The number of carbonyl (C=O) groups is 1. The molecule has 0 aromatic heterocycles. The number of aryl methyl sites for hydroxylation is 1. The first kappa shape index (κ1) is 28.5. The normalized spacial score (nSPS) is 11.6. The van der Waals surface area contributed by atoms with Gasteiger partial charge >= 0.3 is 0 Å². The Morgan fingerprint density at radius 2 is 1.65 bits per heavy atom. The van der Waals surface area contributed by atoms with E-state index in [-0.39, 0.29) is 17.1 Å². The Hall–Kier alpha value is -4.54. The van der Waals surface area contributed by atoms with E-state index in [1.54, 1.807) is 79.7 Å². The molecule has 1 amide bonds. The summed E-state index contributed by atoms with van der Waals surface area (Å²) < 4.78 is 28.6. The molecule has 0 saturated carbocycles. The van der Waals surface area contributed by atoms with Crippen LogP contribution >= 0.6 is 11.6 Å². The van der Waals surface area contributed by atoms with Crippen LogP contribution in [-0.2, 0) is 16.6 Å². The molecule has 0 aliphatic carbocycles. The Labute approximate surface area is 236 Å². The second kappa shape index (κ2) is 12.1. The lowest BCUT2D eigenvalue weighted by Gasteiger charge is -2.26. The lowest BCUT2D eigenvalue weighted by atomic mass is 10.1. The van der Waals surface area contributed by atoms with Crippen LogP contribution in [0.2, 0.25) is 5.02 Å². The van der Waals surface area contributed by atoms with Gasteiger partial charge in [-0.1, -0.05) is 60.1 Å². The van der Waals surface area contributed by atoms with E-state index in [2.05, 4.69) is 10.5 Å². The highest BCUT2D eigenvalue weighted by Crippen LogP contribution is 2.31. The number of amides is 1. The number of hydrogen-bond acceptors (Lipinski definition) is 6. The smallest absolute Gasteiger partial charge is 0.267 e. The summed E-state index contributed by atoms with van der Waals surface area (Å²) in [5.41, 5.74) is 5.40. The number of rotatable bonds is 9. The Morgan fingerprint density at radius 1 is 0.950 bits per heavy atom. The molecule has 4 rings (SSSR count). The SMILES string of the molecule is C/C(=N/NC(=O)c1ccc(CN(c2cc(Cl)ccc2C)S(=O)(=O)c2ccccc2)cc1)c1cccc([N+](=O)[O-])c1. The van der Waals surface area contributed by atoms with Gasteiger partial charge in [-0.3, -0.25) is 19.2 Å². The third-order valence-corrected chi connectivity index (χ3v) is 8.12. The van der Waals surface area contributed by atoms with Crippen molar-refractivity contribution in [1.82, 2.24) is 5.43 Å². The molecule has 0 aliphatic rings. The topological polar surface area (TPSA) is 122 Å². The van der Waals surface area contributed by atoms with Crippen LogP contribution in [0.4, 0.5) is 11.4 Å². The zero-order valence-electron chi connectivity index (χ0n) is 21.6. The molecule has 0 aliphatic heterocycles. The summed E-state index contributed by atoms with van der Waals surface area (Å²) in [5.74, 6) is -0.490. The largest absolute Gasteiger partial charge is 0.271 e. The molecule has 0 spiro atoms. The van der Waals surface area contributed by atoms with Crippen molar-refractivity contribution in [2.24, 2.45) is 5.10 Å². The van der Waals surface area contributed by atoms with Gasteiger partial charge in [-0.25, -0.2) is 13.8 Å². The number of nitro groups is 1. The molecule has 9 nitrogen and oxygen atoms in total. The number of anilines is 1. The number of carbonyl (C=O) groups excluding carboxylic acids is 1. The number of hydrogen-bond donors (Lipinski definition) is 1. The summed E-state index contributed by atoms with van der Waals surface area (Å²) in [6, 6.07) is 25.6. The number of nitro benzene ring substituents is 1. The standard InChI is InChI=1S/C29H25ClN4O5S/c1-20-11-16-25(30)18-28(20)33(40(38,39)27-9-4-3-5-10-27)19-22-12-14-23(15-13-22)29(35)32-31-21(2)24-7-6-8-26(17-24)34(36)37/h3-18H,19H2,1-2H3,(H,32,35)/b31-21-. The molecule has 0 saturated heterocycles. The summed E-state index contributed by atoms with van der Waals surface area (Å²) >= 11 is 6.22. The molecule has 204 valence electrons. The fourth-order valence-corrected chi connectivity index (χ4v) is 5.60. The van der Waals surface area contributed by atoms with Gasteiger partial charge < -0.3 is 0 Å². The van der Waals surface area contributed by atoms with Gasteiger partial charge in [0, 0.05) is 28.3 Å². The number of nitrogens with one attached hydrogen (secondary N) is 1. The predicted molar refractivity (Wildman–Crippen MR) is 155 cm³/mol. The van der Waals surface area contributed by atoms with Crippen LogP contribution in [0.15, 0.2) is 107 Å². The average Bonchev–Trinajstić information content (AvgIpc) is 2.96. The molecule has 0 heterocycles. The minimum absolute atomic E-state index is 0.00432. The lowest BCUT2D eigenvalue weighted by molar-refractivity contribution is -0.384. The quantitative estimate of drug-likeness (QED) is 0.146. The van der Waals surface area contributed by atoms with Crippen molar-refractivity contribution in [1.29, 1.82) is 0 Å². The summed E-state index contributed by atoms with van der Waals surface area (Å²) in [7, 11) is -3.94. The first-order valence-electron chi connectivity index (χ1n) is 12.1. The van der Waals surface area contributed by atoms with Crippen LogP contribution in [-0.4, -0.2) is 25.0 Å². The van der Waals surface area contributed by atoms with Crippen LogP contribution < -0.4 is 9.73 Å². The number of hydrazone groups is 1. The summed E-state index contributed by atoms with van der Waals surface area (Å²) in [6.45, 7) is 3.44. The van der Waals surface area contributed by atoms with E-state index in [0.717, 1.165) is 5.56 Å². The van der Waals surface area contributed by atoms with Crippen LogP contribution in [0.25, 0.3) is 0 Å². The van der Waals surface area contributed by atoms with Crippen molar-refractivity contribution in [3.05, 3.63) is 134 Å². The van der Waals surface area contributed by atoms with E-state index < -0.39 is 20.9 Å². The van der Waals surface area contributed by atoms with Crippen LogP contribution in [0.5, 0.6) is 0 Å². The van der Waals surface area contributed by atoms with Gasteiger partial charge in [0.25, 0.3) is 21.6 Å². The van der Waals surface area contributed by atoms with E-state index in [9.17, 15) is 23.3 Å². The van der Waals surface area contributed by atoms with E-state index in [4.69, 9.17) is 11.6 Å². The highest BCUT2D eigenvalue weighted by molar-refractivity contribution is 7.92. The zero-order chi connectivity index (χ0) is 28.9. The minimum atomic E-state index is -3.94. The summed E-state index contributed by atoms with van der Waals surface area (Å²) in [4.78, 5) is 23.3. The zero-order valence-corrected chi connectivity index (χ0v) is 23.2. The number of nitrogens with zero attached hydrogens (tertiary/aromatic N) is 3. The highest BCUT2D eigenvalue weighted by Gasteiger charge is 2.26. The molecule has 0 atom stereocenters. The molecule has 1 N–H and O–H groups in total. The number of non-ortho nitro benzene ring substituents is 1. The fraction of sp³-hybridized carbons (Fsp3) is 0.103. The van der Waals surface area contributed by atoms with Gasteiger partial charge in [-0.15, -0.1) is 0 Å². The molecular weight excluding hydrogens is 552 g/mol. The maximum Gasteiger partial charge on any atom is 0.271 e. The van der Waals surface area contributed by atoms with E-state index in [1.165, 1.54) is 28.6 Å². The average molecular weight is 577 g/mol. The molecule has 40 heavy (non-hydrogen) atoms. The molecule has 4 aromatic rings. The second-order valence-electron chi connectivity index (χ2n) is 8.90. The van der Waals surface area contributed by atoms with Crippen molar-refractivity contribution >= 4 is 44.6 Å². The van der Waals surface area contributed by atoms with Gasteiger partial charge in [0.05, 0.1) is 27.8 Å². The van der Waals surface area contributed by atoms with Gasteiger partial charge in [-0.2, -0.15) is 5.10 Å². The van der Waals surface area contributed by atoms with Crippen molar-refractivity contribution in [3.63, 3.8) is 0 Å². The maximum atomic E-state index is 13.7. The summed E-state index contributed by atoms with van der Waals surface area (Å²) in [6.07, 6.45) is 0. The Balaban J connectivity index is 1.56. The first-order chi connectivity index (χ1) is 19.1. The number of benzene rings is 4. The fourth-order valence-electron chi connectivity index (χ4n) is 3.91. The van der Waals surface area contributed by atoms with Gasteiger partial charge in [0.1, 0.15) is 0 Å². The van der Waals surface area contributed by atoms with Gasteiger partial charge in [0.15, 0.2) is 0 Å². The monoisotopic (exact) mass is 576 g/mol. The van der Waals surface area contributed by atoms with Crippen molar-refractivity contribution in [3.8, 4) is 0 Å². The molecule has 0 unspecified atom stereocenters. The molecule has 0 radical (unpaired) electrons. The van der Waals surface area contributed by atoms with E-state index in [1.807, 2.05) is 6.92 Å². The Morgan fingerprint density at radius 3 is 2.33 bits per heavy atom. The Kier molecular flexibility index (Phi) is 8.61. The highest BCUT2D eigenvalue weighted by atomic mass is 35.5. The van der Waals surface area contributed by atoms with Gasteiger partial charge in [-0.05, 0) is 61.4 Å². The third kappa shape index (κ3) is 6.53. The number of sulfonamides is 1. The molecular formula is C29H25ClN4O5S. The van der Waals surface area contributed by atoms with Crippen LogP contribution in [0.1, 0.15) is 34.0 Å². The number of halogens is 1. The minimum Gasteiger partial charge on any atom is -0.267 e. The maximum absolute atomic E-state index is 13.7. The van der Waals surface area contributed by atoms with Crippen molar-refractivity contribution < 1.29 is 18.1 Å². The molecule has 4 aromatic carbocycles. The Bertz CT molecular complexity index is 1690. The van der Waals surface area contributed by atoms with E-state index >= 15 is 0 Å². The second-order valence-corrected chi connectivity index (χ2v) is 11.2. The van der Waals surface area contributed by atoms with Gasteiger partial charge in [0.2, 0.25) is 0 Å². The lowest BCUT2D eigenvalue weighted by Crippen LogP contribution is -2.31. The molecule has 11 heteroatoms. The summed E-state index contributed by atoms with van der Waals surface area (Å²) in [5, 5.41) is 15.5. The molecule has 0 fully saturated rings. The molecule has 0 bridgehead atoms.